The van der Waals surface area contributed by atoms with Gasteiger partial charge in [-0.05, 0) is 30.7 Å². The highest BCUT2D eigenvalue weighted by Crippen LogP contribution is 2.25. The molecule has 6 nitrogen and oxygen atoms in total. The van der Waals surface area contributed by atoms with Crippen LogP contribution >= 0.6 is 11.6 Å². The summed E-state index contributed by atoms with van der Waals surface area (Å²) in [5.74, 6) is 1.84. The maximum Gasteiger partial charge on any atom is 0.249 e. The summed E-state index contributed by atoms with van der Waals surface area (Å²) in [4.78, 5) is 4.43. The average molecular weight is 356 g/mol. The smallest absolute Gasteiger partial charge is 0.249 e. The minimum absolute atomic E-state index is 0.399. The number of nitrogens with zero attached hydrogens (tertiary/aromatic N) is 3. The largest absolute Gasteiger partial charge is 0.496 e. The van der Waals surface area contributed by atoms with Crippen LogP contribution in [0.5, 0.6) is 5.75 Å². The van der Waals surface area contributed by atoms with Gasteiger partial charge in [0.25, 0.3) is 0 Å². The van der Waals surface area contributed by atoms with E-state index in [1.54, 1.807) is 13.3 Å². The summed E-state index contributed by atoms with van der Waals surface area (Å²) in [5, 5.41) is 15.1. The number of methoxy groups -OCH3 is 1. The standard InChI is InChI=1S/C18H18ClN5O/c1-12-14(19)7-5-8-15(12)22-18-23-17(11-21-24-18)20-10-13-6-3-4-9-16(13)25-2/h3-9,11H,10H2,1-2H3,(H2,20,22,23,24). The summed E-state index contributed by atoms with van der Waals surface area (Å²) >= 11 is 6.14. The maximum absolute atomic E-state index is 6.14. The second-order valence-corrected chi connectivity index (χ2v) is 5.78. The van der Waals surface area contributed by atoms with Crippen molar-refractivity contribution in [3.8, 4) is 5.75 Å². The van der Waals surface area contributed by atoms with E-state index in [0.717, 1.165) is 22.6 Å². The Morgan fingerprint density at radius 1 is 1.12 bits per heavy atom. The fraction of sp³-hybridized carbons (Fsp3) is 0.167. The van der Waals surface area contributed by atoms with Crippen LogP contribution in [0.25, 0.3) is 0 Å². The second-order valence-electron chi connectivity index (χ2n) is 5.37. The van der Waals surface area contributed by atoms with Crippen molar-refractivity contribution in [3.63, 3.8) is 0 Å². The number of ether oxygens (including phenoxy) is 1. The molecule has 3 rings (SSSR count). The molecule has 0 fully saturated rings. The minimum Gasteiger partial charge on any atom is -0.496 e. The van der Waals surface area contributed by atoms with Crippen LogP contribution < -0.4 is 15.4 Å². The van der Waals surface area contributed by atoms with E-state index < -0.39 is 0 Å². The van der Waals surface area contributed by atoms with Gasteiger partial charge in [0, 0.05) is 22.8 Å². The molecule has 0 aliphatic carbocycles. The van der Waals surface area contributed by atoms with Gasteiger partial charge in [-0.2, -0.15) is 10.1 Å². The number of hydrogen-bond donors (Lipinski definition) is 2. The number of hydrogen-bond acceptors (Lipinski definition) is 6. The molecule has 3 aromatic rings. The molecular weight excluding hydrogens is 338 g/mol. The summed E-state index contributed by atoms with van der Waals surface area (Å²) in [6.45, 7) is 2.50. The van der Waals surface area contributed by atoms with Gasteiger partial charge >= 0.3 is 0 Å². The van der Waals surface area contributed by atoms with E-state index in [1.165, 1.54) is 0 Å². The molecule has 7 heteroatoms. The Balaban J connectivity index is 1.72. The van der Waals surface area contributed by atoms with Crippen molar-refractivity contribution in [3.05, 3.63) is 64.8 Å². The third-order valence-corrected chi connectivity index (χ3v) is 4.13. The van der Waals surface area contributed by atoms with Crippen molar-refractivity contribution in [2.45, 2.75) is 13.5 Å². The van der Waals surface area contributed by atoms with Gasteiger partial charge in [-0.3, -0.25) is 0 Å². The van der Waals surface area contributed by atoms with E-state index in [-0.39, 0.29) is 0 Å². The van der Waals surface area contributed by atoms with Crippen LogP contribution in [0.3, 0.4) is 0 Å². The zero-order valence-corrected chi connectivity index (χ0v) is 14.7. The molecule has 0 spiro atoms. The highest BCUT2D eigenvalue weighted by molar-refractivity contribution is 6.31. The predicted molar refractivity (Wildman–Crippen MR) is 99.6 cm³/mol. The lowest BCUT2D eigenvalue weighted by Crippen LogP contribution is -2.07. The van der Waals surface area contributed by atoms with Gasteiger partial charge in [-0.25, -0.2) is 0 Å². The number of anilines is 3. The molecule has 1 aromatic heterocycles. The molecule has 25 heavy (non-hydrogen) atoms. The monoisotopic (exact) mass is 355 g/mol. The van der Waals surface area contributed by atoms with Gasteiger partial charge in [0.15, 0.2) is 5.82 Å². The molecule has 0 amide bonds. The molecule has 0 saturated carbocycles. The molecule has 0 aliphatic rings. The quantitative estimate of drug-likeness (QED) is 0.690. The molecule has 0 unspecified atom stereocenters. The molecule has 0 radical (unpaired) electrons. The first-order valence-electron chi connectivity index (χ1n) is 7.75. The van der Waals surface area contributed by atoms with Crippen molar-refractivity contribution < 1.29 is 4.74 Å². The van der Waals surface area contributed by atoms with Crippen LogP contribution in [0.4, 0.5) is 17.5 Å². The van der Waals surface area contributed by atoms with Crippen LogP contribution in [0.15, 0.2) is 48.7 Å². The molecule has 1 heterocycles. The summed E-state index contributed by atoms with van der Waals surface area (Å²) in [7, 11) is 1.65. The normalized spacial score (nSPS) is 10.4. The number of benzene rings is 2. The highest BCUT2D eigenvalue weighted by Gasteiger charge is 2.07. The summed E-state index contributed by atoms with van der Waals surface area (Å²) < 4.78 is 5.35. The molecule has 0 bridgehead atoms. The number of aromatic nitrogens is 3. The minimum atomic E-state index is 0.399. The van der Waals surface area contributed by atoms with E-state index >= 15 is 0 Å². The summed E-state index contributed by atoms with van der Waals surface area (Å²) in [6.07, 6.45) is 1.57. The molecular formula is C18H18ClN5O. The first-order valence-corrected chi connectivity index (χ1v) is 8.13. The molecule has 0 saturated heterocycles. The average Bonchev–Trinajstić information content (AvgIpc) is 2.64. The van der Waals surface area contributed by atoms with Crippen molar-refractivity contribution in [1.82, 2.24) is 15.2 Å². The molecule has 2 N–H and O–H groups in total. The molecule has 128 valence electrons. The fourth-order valence-electron chi connectivity index (χ4n) is 2.34. The van der Waals surface area contributed by atoms with Gasteiger partial charge in [0.2, 0.25) is 5.95 Å². The van der Waals surface area contributed by atoms with E-state index in [0.29, 0.717) is 23.3 Å². The topological polar surface area (TPSA) is 72.0 Å². The van der Waals surface area contributed by atoms with Crippen molar-refractivity contribution >= 4 is 29.1 Å². The van der Waals surface area contributed by atoms with Gasteiger partial charge in [-0.15, -0.1) is 5.10 Å². The van der Waals surface area contributed by atoms with E-state index in [2.05, 4.69) is 25.8 Å². The summed E-state index contributed by atoms with van der Waals surface area (Å²) in [5.41, 5.74) is 2.81. The third kappa shape index (κ3) is 4.16. The van der Waals surface area contributed by atoms with E-state index in [1.807, 2.05) is 49.4 Å². The Morgan fingerprint density at radius 2 is 1.96 bits per heavy atom. The number of halogens is 1. The van der Waals surface area contributed by atoms with Gasteiger partial charge in [0.05, 0.1) is 13.3 Å². The molecule has 0 aliphatic heterocycles. The van der Waals surface area contributed by atoms with Crippen LogP contribution in [0.2, 0.25) is 5.02 Å². The Kier molecular flexibility index (Phi) is 5.30. The van der Waals surface area contributed by atoms with Crippen molar-refractivity contribution in [2.24, 2.45) is 0 Å². The van der Waals surface area contributed by atoms with Crippen LogP contribution in [-0.2, 0) is 6.54 Å². The SMILES string of the molecule is COc1ccccc1CNc1cnnc(Nc2cccc(Cl)c2C)n1. The van der Waals surface area contributed by atoms with Crippen LogP contribution in [0.1, 0.15) is 11.1 Å². The van der Waals surface area contributed by atoms with Crippen LogP contribution in [-0.4, -0.2) is 22.3 Å². The van der Waals surface area contributed by atoms with Gasteiger partial charge < -0.3 is 15.4 Å². The lowest BCUT2D eigenvalue weighted by atomic mass is 10.2. The first kappa shape index (κ1) is 17.0. The second kappa shape index (κ2) is 7.81. The zero-order valence-electron chi connectivity index (χ0n) is 14.0. The number of para-hydroxylation sites is 1. The van der Waals surface area contributed by atoms with Crippen molar-refractivity contribution in [1.29, 1.82) is 0 Å². The van der Waals surface area contributed by atoms with E-state index in [9.17, 15) is 0 Å². The Hall–Kier alpha value is -2.86. The first-order chi connectivity index (χ1) is 12.2. The Labute approximate surface area is 151 Å². The number of nitrogens with one attached hydrogen (secondary N) is 2. The van der Waals surface area contributed by atoms with E-state index in [4.69, 9.17) is 16.3 Å². The lowest BCUT2D eigenvalue weighted by Gasteiger charge is -2.11. The van der Waals surface area contributed by atoms with Gasteiger partial charge in [-0.1, -0.05) is 35.9 Å². The Bertz CT molecular complexity index is 872. The summed E-state index contributed by atoms with van der Waals surface area (Å²) in [6, 6.07) is 13.4. The Morgan fingerprint density at radius 3 is 2.80 bits per heavy atom. The lowest BCUT2D eigenvalue weighted by molar-refractivity contribution is 0.410. The number of rotatable bonds is 6. The van der Waals surface area contributed by atoms with Crippen LogP contribution in [0, 0.1) is 6.92 Å². The molecule has 0 atom stereocenters. The maximum atomic E-state index is 6.14. The fourth-order valence-corrected chi connectivity index (χ4v) is 2.51. The third-order valence-electron chi connectivity index (χ3n) is 3.73. The predicted octanol–water partition coefficient (Wildman–Crippen LogP) is 4.20. The molecule has 2 aromatic carbocycles. The van der Waals surface area contributed by atoms with Gasteiger partial charge in [0.1, 0.15) is 5.75 Å². The highest BCUT2D eigenvalue weighted by atomic mass is 35.5. The zero-order chi connectivity index (χ0) is 17.6. The van der Waals surface area contributed by atoms with Crippen molar-refractivity contribution in [2.75, 3.05) is 17.7 Å².